The lowest BCUT2D eigenvalue weighted by Gasteiger charge is -2.30. The number of carbonyl (C=O) groups excluding carboxylic acids is 2. The van der Waals surface area contributed by atoms with Crippen LogP contribution in [0, 0.1) is 17.8 Å². The van der Waals surface area contributed by atoms with Gasteiger partial charge in [0.2, 0.25) is 6.29 Å². The molecule has 16 heavy (non-hydrogen) atoms. The predicted octanol–water partition coefficient (Wildman–Crippen LogP) is 0.233. The number of hydrogen-bond acceptors (Lipinski definition) is 5. The van der Waals surface area contributed by atoms with Crippen molar-refractivity contribution in [3.05, 3.63) is 11.8 Å². The zero-order chi connectivity index (χ0) is 11.9. The Hall–Kier alpha value is -1.36. The highest BCUT2D eigenvalue weighted by molar-refractivity contribution is 5.99. The van der Waals surface area contributed by atoms with Gasteiger partial charge in [-0.25, -0.2) is 4.79 Å². The summed E-state index contributed by atoms with van der Waals surface area (Å²) in [6, 6.07) is 0. The molecule has 0 aromatic carbocycles. The maximum atomic E-state index is 11.8. The van der Waals surface area contributed by atoms with Crippen LogP contribution in [0.5, 0.6) is 0 Å². The number of fused-ring (bicyclic) bond motifs is 1. The van der Waals surface area contributed by atoms with Crippen LogP contribution in [-0.4, -0.2) is 30.3 Å². The lowest BCUT2D eigenvalue weighted by Crippen LogP contribution is -2.37. The molecule has 1 fully saturated rings. The highest BCUT2D eigenvalue weighted by Gasteiger charge is 2.50. The summed E-state index contributed by atoms with van der Waals surface area (Å²) in [5.74, 6) is -1.50. The lowest BCUT2D eigenvalue weighted by atomic mass is 9.83. The predicted molar refractivity (Wildman–Crippen MR) is 53.0 cm³/mol. The number of methoxy groups -OCH3 is 1. The third-order valence-electron chi connectivity index (χ3n) is 3.33. The van der Waals surface area contributed by atoms with Crippen LogP contribution in [0.1, 0.15) is 13.3 Å². The molecule has 88 valence electrons. The van der Waals surface area contributed by atoms with E-state index in [1.54, 1.807) is 0 Å². The summed E-state index contributed by atoms with van der Waals surface area (Å²) >= 11 is 0. The zero-order valence-electron chi connectivity index (χ0n) is 9.17. The maximum Gasteiger partial charge on any atom is 0.337 e. The lowest BCUT2D eigenvalue weighted by molar-refractivity contribution is -0.148. The summed E-state index contributed by atoms with van der Waals surface area (Å²) in [5.41, 5.74) is 0.215. The van der Waals surface area contributed by atoms with Gasteiger partial charge in [0.1, 0.15) is 5.78 Å². The van der Waals surface area contributed by atoms with Gasteiger partial charge in [0.15, 0.2) is 0 Å². The monoisotopic (exact) mass is 226 g/mol. The Morgan fingerprint density at radius 2 is 2.31 bits per heavy atom. The molecule has 0 amide bonds. The van der Waals surface area contributed by atoms with Crippen molar-refractivity contribution >= 4 is 11.8 Å². The van der Waals surface area contributed by atoms with Gasteiger partial charge in [0, 0.05) is 12.3 Å². The third kappa shape index (κ3) is 1.51. The highest BCUT2D eigenvalue weighted by atomic mass is 16.6. The van der Waals surface area contributed by atoms with Crippen LogP contribution in [0.25, 0.3) is 0 Å². The van der Waals surface area contributed by atoms with E-state index in [0.717, 1.165) is 6.26 Å². The molecule has 1 heterocycles. The van der Waals surface area contributed by atoms with Gasteiger partial charge >= 0.3 is 5.97 Å². The van der Waals surface area contributed by atoms with Gasteiger partial charge in [-0.2, -0.15) is 0 Å². The average Bonchev–Trinajstić information content (AvgIpc) is 2.55. The minimum Gasteiger partial charge on any atom is -0.472 e. The zero-order valence-corrected chi connectivity index (χ0v) is 9.17. The molecule has 5 nitrogen and oxygen atoms in total. The van der Waals surface area contributed by atoms with Gasteiger partial charge in [0.05, 0.1) is 24.9 Å². The van der Waals surface area contributed by atoms with E-state index in [0.29, 0.717) is 6.42 Å². The van der Waals surface area contributed by atoms with Crippen LogP contribution in [0.15, 0.2) is 11.8 Å². The van der Waals surface area contributed by atoms with Crippen LogP contribution >= 0.6 is 0 Å². The summed E-state index contributed by atoms with van der Waals surface area (Å²) in [5, 5.41) is 9.67. The Morgan fingerprint density at radius 1 is 1.62 bits per heavy atom. The van der Waals surface area contributed by atoms with Crippen LogP contribution in [-0.2, 0) is 19.1 Å². The minimum atomic E-state index is -1.01. The second-order valence-corrected chi connectivity index (χ2v) is 4.29. The van der Waals surface area contributed by atoms with Crippen LogP contribution in [0.3, 0.4) is 0 Å². The number of ether oxygens (including phenoxy) is 2. The number of rotatable bonds is 1. The Bertz CT molecular complexity index is 359. The van der Waals surface area contributed by atoms with Crippen LogP contribution in [0.2, 0.25) is 0 Å². The first kappa shape index (κ1) is 11.1. The summed E-state index contributed by atoms with van der Waals surface area (Å²) in [6.45, 7) is 1.87. The fourth-order valence-electron chi connectivity index (χ4n) is 2.55. The van der Waals surface area contributed by atoms with Crippen molar-refractivity contribution < 1.29 is 24.2 Å². The van der Waals surface area contributed by atoms with E-state index in [2.05, 4.69) is 4.74 Å². The van der Waals surface area contributed by atoms with Gasteiger partial charge < -0.3 is 14.6 Å². The third-order valence-corrected chi connectivity index (χ3v) is 3.33. The molecule has 0 radical (unpaired) electrons. The van der Waals surface area contributed by atoms with Crippen LogP contribution in [0.4, 0.5) is 0 Å². The van der Waals surface area contributed by atoms with E-state index in [1.165, 1.54) is 7.11 Å². The van der Waals surface area contributed by atoms with Crippen molar-refractivity contribution in [2.75, 3.05) is 7.11 Å². The van der Waals surface area contributed by atoms with Gasteiger partial charge in [-0.15, -0.1) is 0 Å². The van der Waals surface area contributed by atoms with Crippen molar-refractivity contribution in [3.63, 3.8) is 0 Å². The molecule has 1 N–H and O–H groups in total. The first-order valence-corrected chi connectivity index (χ1v) is 5.21. The SMILES string of the molecule is COC(=O)C1=CO[C@H](O)[C@@H]2[C@H]1C(=O)C[C@H]2C. The van der Waals surface area contributed by atoms with E-state index in [-0.39, 0.29) is 23.2 Å². The molecule has 1 saturated carbocycles. The minimum absolute atomic E-state index is 0.0147. The average molecular weight is 226 g/mol. The molecule has 0 saturated heterocycles. The van der Waals surface area contributed by atoms with Crippen molar-refractivity contribution in [2.24, 2.45) is 17.8 Å². The largest absolute Gasteiger partial charge is 0.472 e. The number of aliphatic hydroxyl groups excluding tert-OH is 1. The number of aliphatic hydroxyl groups is 1. The molecular weight excluding hydrogens is 212 g/mol. The number of carbonyl (C=O) groups is 2. The van der Waals surface area contributed by atoms with Gasteiger partial charge in [-0.1, -0.05) is 6.92 Å². The molecule has 0 unspecified atom stereocenters. The number of ketones is 1. The quantitative estimate of drug-likeness (QED) is 0.648. The number of Topliss-reactive ketones (excluding diaryl/α,β-unsaturated/α-hetero) is 1. The molecule has 4 atom stereocenters. The smallest absolute Gasteiger partial charge is 0.337 e. The molecule has 0 aromatic heterocycles. The van der Waals surface area contributed by atoms with E-state index in [4.69, 9.17) is 4.74 Å². The molecule has 5 heteroatoms. The first-order valence-electron chi connectivity index (χ1n) is 5.21. The Labute approximate surface area is 93.0 Å². The molecule has 2 rings (SSSR count). The fraction of sp³-hybridized carbons (Fsp3) is 0.636. The normalized spacial score (nSPS) is 37.4. The van der Waals surface area contributed by atoms with E-state index in [1.807, 2.05) is 6.92 Å². The second kappa shape index (κ2) is 3.90. The van der Waals surface area contributed by atoms with Crippen molar-refractivity contribution in [2.45, 2.75) is 19.6 Å². The molecule has 2 aliphatic rings. The van der Waals surface area contributed by atoms with E-state index >= 15 is 0 Å². The molecule has 0 spiro atoms. The Morgan fingerprint density at radius 3 is 2.94 bits per heavy atom. The highest BCUT2D eigenvalue weighted by Crippen LogP contribution is 2.43. The van der Waals surface area contributed by atoms with Crippen molar-refractivity contribution in [3.8, 4) is 0 Å². The van der Waals surface area contributed by atoms with E-state index < -0.39 is 18.2 Å². The van der Waals surface area contributed by atoms with Gasteiger partial charge in [-0.3, -0.25) is 4.79 Å². The Balaban J connectivity index is 2.35. The summed E-state index contributed by atoms with van der Waals surface area (Å²) in [7, 11) is 1.26. The van der Waals surface area contributed by atoms with Crippen molar-refractivity contribution in [1.29, 1.82) is 0 Å². The molecule has 0 aromatic rings. The summed E-state index contributed by atoms with van der Waals surface area (Å²) < 4.78 is 9.58. The molecule has 1 aliphatic carbocycles. The van der Waals surface area contributed by atoms with Gasteiger partial charge in [-0.05, 0) is 5.92 Å². The molecular formula is C11H14O5. The summed E-state index contributed by atoms with van der Waals surface area (Å²) in [6.07, 6.45) is 0.498. The summed E-state index contributed by atoms with van der Waals surface area (Å²) in [4.78, 5) is 23.2. The van der Waals surface area contributed by atoms with Crippen LogP contribution < -0.4 is 0 Å². The fourth-order valence-corrected chi connectivity index (χ4v) is 2.55. The number of hydrogen-bond donors (Lipinski definition) is 1. The second-order valence-electron chi connectivity index (χ2n) is 4.29. The molecule has 0 bridgehead atoms. The first-order chi connectivity index (χ1) is 7.56. The Kier molecular flexibility index (Phi) is 2.71. The van der Waals surface area contributed by atoms with Crippen molar-refractivity contribution in [1.82, 2.24) is 0 Å². The molecule has 1 aliphatic heterocycles. The van der Waals surface area contributed by atoms with Gasteiger partial charge in [0.25, 0.3) is 0 Å². The standard InChI is InChI=1S/C11H14O5/c1-5-3-7(12)9-6(10(13)15-2)4-16-11(14)8(5)9/h4-5,8-9,11,14H,3H2,1-2H3/t5-,8+,9-,11+/m1/s1. The topological polar surface area (TPSA) is 72.8 Å². The van der Waals surface area contributed by atoms with E-state index in [9.17, 15) is 14.7 Å². The maximum absolute atomic E-state index is 11.8. The number of esters is 1.